The second-order valence-corrected chi connectivity index (χ2v) is 14.4. The number of benzene rings is 6. The number of nitrogens with zero attached hydrogens (tertiary/aromatic N) is 3. The lowest BCUT2D eigenvalue weighted by Gasteiger charge is -2.34. The summed E-state index contributed by atoms with van der Waals surface area (Å²) in [6.07, 6.45) is 3.89. The smallest absolute Gasteiger partial charge is 0.106 e. The molecule has 47 heavy (non-hydrogen) atoms. The molecule has 4 heterocycles. The summed E-state index contributed by atoms with van der Waals surface area (Å²) in [5.74, 6) is 0. The Hall–Kier alpha value is -5.36. The van der Waals surface area contributed by atoms with Crippen LogP contribution in [-0.2, 0) is 5.54 Å². The molecule has 222 valence electrons. The summed E-state index contributed by atoms with van der Waals surface area (Å²) in [5, 5.41) is 11.3. The van der Waals surface area contributed by atoms with Crippen LogP contribution in [0.1, 0.15) is 17.4 Å². The molecule has 1 atom stereocenters. The molecule has 4 aromatic heterocycles. The third-order valence-corrected chi connectivity index (χ3v) is 12.5. The van der Waals surface area contributed by atoms with Gasteiger partial charge in [-0.2, -0.15) is 0 Å². The minimum Gasteiger partial charge on any atom is -0.323 e. The molecule has 0 saturated carbocycles. The van der Waals surface area contributed by atoms with Gasteiger partial charge in [0.2, 0.25) is 0 Å². The Morgan fingerprint density at radius 1 is 0.617 bits per heavy atom. The summed E-state index contributed by atoms with van der Waals surface area (Å²) in [6, 6.07) is 44.1. The molecule has 3 nitrogen and oxygen atoms in total. The first-order valence-electron chi connectivity index (χ1n) is 15.8. The third-order valence-electron chi connectivity index (χ3n) is 9.97. The van der Waals surface area contributed by atoms with Gasteiger partial charge in [0, 0.05) is 59.7 Å². The fraction of sp³-hybridized carbons (Fsp3) is 0.0476. The Morgan fingerprint density at radius 2 is 1.28 bits per heavy atom. The molecule has 6 aromatic carbocycles. The molecule has 1 unspecified atom stereocenters. The van der Waals surface area contributed by atoms with Crippen LogP contribution in [0.5, 0.6) is 0 Å². The highest BCUT2D eigenvalue weighted by atomic mass is 32.1. The molecule has 10 rings (SSSR count). The fourth-order valence-electron chi connectivity index (χ4n) is 7.91. The molecule has 5 heteroatoms. The number of hydrogen-bond acceptors (Lipinski definition) is 4. The van der Waals surface area contributed by atoms with Gasteiger partial charge in [0.15, 0.2) is 0 Å². The Kier molecular flexibility index (Phi) is 5.60. The average molecular weight is 638 g/mol. The maximum absolute atomic E-state index is 4.76. The summed E-state index contributed by atoms with van der Waals surface area (Å²) in [4.78, 5) is 10.6. The Bertz CT molecular complexity index is 2890. The summed E-state index contributed by atoms with van der Waals surface area (Å²) >= 11 is 3.70. The van der Waals surface area contributed by atoms with Gasteiger partial charge in [-0.15, -0.1) is 22.7 Å². The first-order valence-corrected chi connectivity index (χ1v) is 17.4. The highest BCUT2D eigenvalue weighted by Gasteiger charge is 2.40. The van der Waals surface area contributed by atoms with E-state index in [9.17, 15) is 0 Å². The van der Waals surface area contributed by atoms with Crippen molar-refractivity contribution in [2.24, 2.45) is 4.99 Å². The van der Waals surface area contributed by atoms with Gasteiger partial charge in [-0.05, 0) is 48.0 Å². The number of aliphatic imine (C=N–C) groups is 1. The summed E-state index contributed by atoms with van der Waals surface area (Å²) in [7, 11) is 0. The number of aromatic nitrogens is 2. The van der Waals surface area contributed by atoms with Crippen LogP contribution in [0, 0.1) is 0 Å². The Labute approximate surface area is 278 Å². The number of pyridine rings is 1. The van der Waals surface area contributed by atoms with Crippen LogP contribution >= 0.6 is 22.7 Å². The highest BCUT2D eigenvalue weighted by Crippen LogP contribution is 2.54. The third kappa shape index (κ3) is 3.50. The lowest BCUT2D eigenvalue weighted by molar-refractivity contribution is 0.518. The van der Waals surface area contributed by atoms with Crippen molar-refractivity contribution in [3.8, 4) is 0 Å². The van der Waals surface area contributed by atoms with E-state index in [1.807, 2.05) is 23.7 Å². The molecule has 0 amide bonds. The molecule has 10 aromatic rings. The zero-order chi connectivity index (χ0) is 31.3. The summed E-state index contributed by atoms with van der Waals surface area (Å²) < 4.78 is 6.42. The monoisotopic (exact) mass is 637 g/mol. The predicted molar refractivity (Wildman–Crippen MR) is 204 cm³/mol. The second kappa shape index (κ2) is 9.82. The van der Waals surface area contributed by atoms with Crippen molar-refractivity contribution >= 4 is 109 Å². The van der Waals surface area contributed by atoms with Crippen LogP contribution in [0.3, 0.4) is 0 Å². The topological polar surface area (TPSA) is 30.2 Å². The van der Waals surface area contributed by atoms with E-state index in [0.29, 0.717) is 0 Å². The lowest BCUT2D eigenvalue weighted by atomic mass is 9.89. The highest BCUT2D eigenvalue weighted by molar-refractivity contribution is 7.27. The molecule has 0 spiro atoms. The first-order chi connectivity index (χ1) is 23.2. The first kappa shape index (κ1) is 26.8. The molecule has 0 saturated heterocycles. The Morgan fingerprint density at radius 3 is 2.02 bits per heavy atom. The van der Waals surface area contributed by atoms with Gasteiger partial charge in [-0.1, -0.05) is 103 Å². The molecular formula is C42H27N3S2. The van der Waals surface area contributed by atoms with Crippen LogP contribution in [-0.4, -0.2) is 16.3 Å². The quantitative estimate of drug-likeness (QED) is 0.177. The summed E-state index contributed by atoms with van der Waals surface area (Å²) in [5.41, 5.74) is 3.80. The van der Waals surface area contributed by atoms with Crippen LogP contribution < -0.4 is 0 Å². The van der Waals surface area contributed by atoms with E-state index in [1.165, 1.54) is 68.2 Å². The second-order valence-electron chi connectivity index (χ2n) is 12.3. The predicted octanol–water partition coefficient (Wildman–Crippen LogP) is 12.2. The fourth-order valence-corrected chi connectivity index (χ4v) is 10.5. The molecule has 0 N–H and O–H groups in total. The van der Waals surface area contributed by atoms with E-state index in [0.717, 1.165) is 21.5 Å². The van der Waals surface area contributed by atoms with E-state index < -0.39 is 5.54 Å². The van der Waals surface area contributed by atoms with Crippen molar-refractivity contribution in [3.05, 3.63) is 144 Å². The van der Waals surface area contributed by atoms with E-state index in [1.54, 1.807) is 11.3 Å². The van der Waals surface area contributed by atoms with Gasteiger partial charge >= 0.3 is 0 Å². The van der Waals surface area contributed by atoms with Crippen LogP contribution in [0.4, 0.5) is 5.69 Å². The number of hydrogen-bond donors (Lipinski definition) is 0. The maximum atomic E-state index is 4.76. The van der Waals surface area contributed by atoms with Crippen molar-refractivity contribution in [1.82, 2.24) is 9.55 Å². The van der Waals surface area contributed by atoms with Gasteiger partial charge in [-0.25, -0.2) is 0 Å². The van der Waals surface area contributed by atoms with E-state index in [4.69, 9.17) is 9.98 Å². The largest absolute Gasteiger partial charge is 0.323 e. The zero-order valence-electron chi connectivity index (χ0n) is 25.6. The van der Waals surface area contributed by atoms with Crippen LogP contribution in [0.25, 0.3) is 73.6 Å². The molecule has 0 fully saturated rings. The molecule has 0 radical (unpaired) electrons. The molecule has 0 aliphatic carbocycles. The van der Waals surface area contributed by atoms with Gasteiger partial charge in [0.25, 0.3) is 0 Å². The summed E-state index contributed by atoms with van der Waals surface area (Å²) in [6.45, 7) is 6.49. The van der Waals surface area contributed by atoms with Gasteiger partial charge in [0.1, 0.15) is 5.54 Å². The molecule has 0 aliphatic rings. The zero-order valence-corrected chi connectivity index (χ0v) is 27.2. The van der Waals surface area contributed by atoms with Gasteiger partial charge in [0.05, 0.1) is 26.3 Å². The molecule has 0 aliphatic heterocycles. The SMILES string of the molecule is C=Nc1c(C(C)(c2cccnc2)n2c3c4ccccc4ccc3c3c4ccccc4c4c5ccccc5sc4c32)sc2ccccc12. The number of fused-ring (bicyclic) bond motifs is 13. The standard InChI is InChI=1S/C42H27N3S2/c1-42(26-13-11-23-44-24-26,41-37(43-2)31-18-8-10-20-34(31)47-41)45-38-27-14-4-3-12-25(27)21-22-32(38)35-28-15-5-6-16-29(28)36-30-17-7-9-19-33(30)46-40(36)39(35)45/h3-24H,2H2,1H3. The minimum atomic E-state index is -0.690. The molecule has 0 bridgehead atoms. The van der Waals surface area contributed by atoms with E-state index in [2.05, 4.69) is 140 Å². The van der Waals surface area contributed by atoms with Crippen LogP contribution in [0.15, 0.2) is 139 Å². The Balaban J connectivity index is 1.56. The van der Waals surface area contributed by atoms with Gasteiger partial charge in [-0.3, -0.25) is 9.98 Å². The normalized spacial score (nSPS) is 13.5. The van der Waals surface area contributed by atoms with Crippen LogP contribution in [0.2, 0.25) is 0 Å². The lowest BCUT2D eigenvalue weighted by Crippen LogP contribution is -2.32. The van der Waals surface area contributed by atoms with Crippen molar-refractivity contribution in [2.75, 3.05) is 0 Å². The van der Waals surface area contributed by atoms with E-state index in [-0.39, 0.29) is 0 Å². The van der Waals surface area contributed by atoms with Crippen molar-refractivity contribution < 1.29 is 0 Å². The van der Waals surface area contributed by atoms with Crippen molar-refractivity contribution in [3.63, 3.8) is 0 Å². The minimum absolute atomic E-state index is 0.690. The maximum Gasteiger partial charge on any atom is 0.106 e. The average Bonchev–Trinajstić information content (AvgIpc) is 3.82. The number of thiophene rings is 2. The van der Waals surface area contributed by atoms with Gasteiger partial charge < -0.3 is 4.57 Å². The van der Waals surface area contributed by atoms with Crippen molar-refractivity contribution in [1.29, 1.82) is 0 Å². The van der Waals surface area contributed by atoms with Crippen molar-refractivity contribution in [2.45, 2.75) is 12.5 Å². The molecular weight excluding hydrogens is 611 g/mol. The van der Waals surface area contributed by atoms with E-state index >= 15 is 0 Å². The number of rotatable bonds is 4.